The maximum atomic E-state index is 6.18. The highest BCUT2D eigenvalue weighted by Gasteiger charge is 2.35. The van der Waals surface area contributed by atoms with Crippen LogP contribution in [0.25, 0.3) is 16.8 Å². The highest BCUT2D eigenvalue weighted by atomic mass is 35.5. The highest BCUT2D eigenvalue weighted by molar-refractivity contribution is 6.28. The number of hydrogen-bond acceptors (Lipinski definition) is 7. The Morgan fingerprint density at radius 3 is 2.69 bits per heavy atom. The number of anilines is 2. The van der Waals surface area contributed by atoms with Crippen LogP contribution in [0.15, 0.2) is 49.2 Å². The minimum Gasteiger partial charge on any atom is -0.314 e. The van der Waals surface area contributed by atoms with Crippen LogP contribution in [0.5, 0.6) is 0 Å². The molecule has 0 aliphatic carbocycles. The zero-order valence-electron chi connectivity index (χ0n) is 15.9. The third kappa shape index (κ3) is 2.84. The van der Waals surface area contributed by atoms with Crippen LogP contribution in [-0.2, 0) is 0 Å². The topological polar surface area (TPSA) is 85.5 Å². The Bertz CT molecular complexity index is 1190. The first kappa shape index (κ1) is 17.7. The van der Waals surface area contributed by atoms with Gasteiger partial charge in [-0.2, -0.15) is 4.98 Å². The lowest BCUT2D eigenvalue weighted by atomic mass is 10.0. The molecule has 0 radical (unpaired) electrons. The molecule has 4 aromatic rings. The van der Waals surface area contributed by atoms with Gasteiger partial charge in [0, 0.05) is 23.6 Å². The Labute approximate surface area is 172 Å². The van der Waals surface area contributed by atoms with Crippen molar-refractivity contribution in [2.45, 2.75) is 26.3 Å². The molecule has 1 unspecified atom stereocenters. The fourth-order valence-corrected chi connectivity index (χ4v) is 3.92. The Morgan fingerprint density at radius 2 is 1.90 bits per heavy atom. The van der Waals surface area contributed by atoms with E-state index in [0.29, 0.717) is 0 Å². The smallest absolute Gasteiger partial charge is 0.224 e. The van der Waals surface area contributed by atoms with Gasteiger partial charge in [-0.3, -0.25) is 4.57 Å². The Morgan fingerprint density at radius 1 is 1.07 bits per heavy atom. The molecule has 1 aromatic carbocycles. The van der Waals surface area contributed by atoms with Gasteiger partial charge >= 0.3 is 0 Å². The third-order valence-corrected chi connectivity index (χ3v) is 5.24. The SMILES string of the molecule is CCC1c2nnc(C)n2-c2cnc(Cl)nc2N1c1cccc(-c2cncnc2)c1. The predicted octanol–water partition coefficient (Wildman–Crippen LogP) is 4.08. The summed E-state index contributed by atoms with van der Waals surface area (Å²) >= 11 is 6.18. The monoisotopic (exact) mass is 404 g/mol. The van der Waals surface area contributed by atoms with Gasteiger partial charge in [0.1, 0.15) is 17.8 Å². The number of benzene rings is 1. The number of rotatable bonds is 3. The van der Waals surface area contributed by atoms with Gasteiger partial charge in [0.25, 0.3) is 0 Å². The lowest BCUT2D eigenvalue weighted by molar-refractivity contribution is 0.587. The van der Waals surface area contributed by atoms with E-state index in [1.165, 1.54) is 6.33 Å². The van der Waals surface area contributed by atoms with Crippen molar-refractivity contribution < 1.29 is 0 Å². The maximum Gasteiger partial charge on any atom is 0.224 e. The molecule has 1 atom stereocenters. The van der Waals surface area contributed by atoms with Crippen molar-refractivity contribution in [1.82, 2.24) is 34.7 Å². The zero-order valence-corrected chi connectivity index (χ0v) is 16.6. The summed E-state index contributed by atoms with van der Waals surface area (Å²) in [6.45, 7) is 4.04. The van der Waals surface area contributed by atoms with Crippen LogP contribution >= 0.6 is 11.6 Å². The van der Waals surface area contributed by atoms with E-state index < -0.39 is 0 Å². The largest absolute Gasteiger partial charge is 0.314 e. The summed E-state index contributed by atoms with van der Waals surface area (Å²) in [5, 5.41) is 8.94. The van der Waals surface area contributed by atoms with E-state index in [1.807, 2.05) is 23.6 Å². The number of halogens is 1. The molecule has 0 fully saturated rings. The third-order valence-electron chi connectivity index (χ3n) is 5.05. The lowest BCUT2D eigenvalue weighted by Crippen LogP contribution is -2.32. The van der Waals surface area contributed by atoms with Gasteiger partial charge in [-0.1, -0.05) is 19.1 Å². The van der Waals surface area contributed by atoms with E-state index in [9.17, 15) is 0 Å². The van der Waals surface area contributed by atoms with Gasteiger partial charge in [0.15, 0.2) is 11.6 Å². The molecule has 4 heterocycles. The van der Waals surface area contributed by atoms with Gasteiger partial charge < -0.3 is 4.90 Å². The quantitative estimate of drug-likeness (QED) is 0.475. The van der Waals surface area contributed by atoms with Gasteiger partial charge in [-0.05, 0) is 42.6 Å². The normalized spacial score (nSPS) is 15.1. The molecular formula is C20H17ClN8. The number of aryl methyl sites for hydroxylation is 1. The van der Waals surface area contributed by atoms with Crippen molar-refractivity contribution in [2.24, 2.45) is 0 Å². The molecule has 0 spiro atoms. The molecule has 3 aromatic heterocycles. The Hall–Kier alpha value is -3.39. The van der Waals surface area contributed by atoms with Crippen LogP contribution < -0.4 is 4.90 Å². The fourth-order valence-electron chi connectivity index (χ4n) is 3.79. The fraction of sp³-hybridized carbons (Fsp3) is 0.200. The van der Waals surface area contributed by atoms with Crippen molar-refractivity contribution in [3.05, 3.63) is 66.1 Å². The summed E-state index contributed by atoms with van der Waals surface area (Å²) in [5.74, 6) is 2.38. The van der Waals surface area contributed by atoms with E-state index in [0.717, 1.165) is 46.4 Å². The second-order valence-corrected chi connectivity index (χ2v) is 7.10. The average Bonchev–Trinajstić information content (AvgIpc) is 3.15. The summed E-state index contributed by atoms with van der Waals surface area (Å²) in [6, 6.07) is 8.15. The summed E-state index contributed by atoms with van der Waals surface area (Å²) in [6.07, 6.45) is 7.66. The molecule has 0 saturated carbocycles. The van der Waals surface area contributed by atoms with Crippen molar-refractivity contribution >= 4 is 23.1 Å². The molecule has 9 heteroatoms. The van der Waals surface area contributed by atoms with E-state index in [-0.39, 0.29) is 11.3 Å². The van der Waals surface area contributed by atoms with Crippen LogP contribution in [0, 0.1) is 6.92 Å². The summed E-state index contributed by atoms with van der Waals surface area (Å²) in [7, 11) is 0. The zero-order chi connectivity index (χ0) is 20.0. The lowest BCUT2D eigenvalue weighted by Gasteiger charge is -2.37. The van der Waals surface area contributed by atoms with E-state index in [4.69, 9.17) is 11.6 Å². The van der Waals surface area contributed by atoms with E-state index >= 15 is 0 Å². The first-order valence-electron chi connectivity index (χ1n) is 9.27. The summed E-state index contributed by atoms with van der Waals surface area (Å²) in [5.41, 5.74) is 3.74. The molecule has 29 heavy (non-hydrogen) atoms. The number of nitrogens with zero attached hydrogens (tertiary/aromatic N) is 8. The van der Waals surface area contributed by atoms with E-state index in [2.05, 4.69) is 54.1 Å². The first-order chi connectivity index (χ1) is 14.2. The number of aromatic nitrogens is 7. The second kappa shape index (κ2) is 6.89. The molecule has 5 rings (SSSR count). The minimum absolute atomic E-state index is 0.0445. The molecule has 8 nitrogen and oxygen atoms in total. The summed E-state index contributed by atoms with van der Waals surface area (Å²) in [4.78, 5) is 19.2. The van der Waals surface area contributed by atoms with E-state index in [1.54, 1.807) is 18.6 Å². The molecule has 0 saturated heterocycles. The molecule has 1 aliphatic rings. The van der Waals surface area contributed by atoms with Crippen molar-refractivity contribution in [2.75, 3.05) is 4.90 Å². The maximum absolute atomic E-state index is 6.18. The van der Waals surface area contributed by atoms with Crippen molar-refractivity contribution in [3.8, 4) is 16.8 Å². The molecule has 144 valence electrons. The Balaban J connectivity index is 1.72. The summed E-state index contributed by atoms with van der Waals surface area (Å²) < 4.78 is 2.01. The molecular weight excluding hydrogens is 388 g/mol. The van der Waals surface area contributed by atoms with Crippen LogP contribution in [0.1, 0.15) is 31.0 Å². The van der Waals surface area contributed by atoms with Crippen molar-refractivity contribution in [1.29, 1.82) is 0 Å². The van der Waals surface area contributed by atoms with Gasteiger partial charge in [-0.25, -0.2) is 15.0 Å². The van der Waals surface area contributed by atoms with Gasteiger partial charge in [-0.15, -0.1) is 10.2 Å². The molecule has 1 aliphatic heterocycles. The van der Waals surface area contributed by atoms with Crippen LogP contribution in [0.2, 0.25) is 5.28 Å². The number of fused-ring (bicyclic) bond motifs is 3. The van der Waals surface area contributed by atoms with Gasteiger partial charge in [0.05, 0.1) is 12.2 Å². The number of hydrogen-bond donors (Lipinski definition) is 0. The molecule has 0 bridgehead atoms. The predicted molar refractivity (Wildman–Crippen MR) is 109 cm³/mol. The Kier molecular flexibility index (Phi) is 4.21. The highest BCUT2D eigenvalue weighted by Crippen LogP contribution is 2.44. The van der Waals surface area contributed by atoms with Gasteiger partial charge in [0.2, 0.25) is 5.28 Å². The van der Waals surface area contributed by atoms with Crippen LogP contribution in [0.3, 0.4) is 0 Å². The first-order valence-corrected chi connectivity index (χ1v) is 9.64. The van der Waals surface area contributed by atoms with Crippen molar-refractivity contribution in [3.63, 3.8) is 0 Å². The van der Waals surface area contributed by atoms with Crippen LogP contribution in [-0.4, -0.2) is 34.7 Å². The molecule has 0 N–H and O–H groups in total. The average molecular weight is 405 g/mol. The second-order valence-electron chi connectivity index (χ2n) is 6.76. The molecule has 0 amide bonds. The standard InChI is InChI=1S/C20H17ClN8/c1-3-16-19-27-26-12(2)28(19)17-10-24-20(21)25-18(17)29(16)15-6-4-5-13(7-15)14-8-22-11-23-9-14/h4-11,16H,3H2,1-2H3. The minimum atomic E-state index is -0.0445. The van der Waals surface area contributed by atoms with Crippen LogP contribution in [0.4, 0.5) is 11.5 Å².